The van der Waals surface area contributed by atoms with Gasteiger partial charge < -0.3 is 4.57 Å². The number of nitrogens with zero attached hydrogens (tertiary/aromatic N) is 3. The summed E-state index contributed by atoms with van der Waals surface area (Å²) in [5.41, 5.74) is 3.48. The van der Waals surface area contributed by atoms with Crippen LogP contribution in [0.25, 0.3) is 10.9 Å². The lowest BCUT2D eigenvalue weighted by Gasteiger charge is -2.21. The van der Waals surface area contributed by atoms with Crippen molar-refractivity contribution in [1.82, 2.24) is 14.5 Å². The second-order valence-electron chi connectivity index (χ2n) is 5.24. The summed E-state index contributed by atoms with van der Waals surface area (Å²) in [6, 6.07) is 20.9. The molecule has 2 heterocycles. The molecule has 0 aliphatic rings. The monoisotopic (exact) mass is 285 g/mol. The van der Waals surface area contributed by atoms with Gasteiger partial charge in [-0.05, 0) is 23.3 Å². The highest BCUT2D eigenvalue weighted by molar-refractivity contribution is 5.82. The third-order valence-electron chi connectivity index (χ3n) is 3.92. The van der Waals surface area contributed by atoms with Crippen LogP contribution in [0.15, 0.2) is 85.6 Å². The SMILES string of the molecule is c1ccc(C(c2ccnc3ccccc23)n2ccnc2)cc1. The van der Waals surface area contributed by atoms with E-state index >= 15 is 0 Å². The minimum absolute atomic E-state index is 0.0941. The first kappa shape index (κ1) is 12.8. The van der Waals surface area contributed by atoms with E-state index in [0.717, 1.165) is 5.52 Å². The Kier molecular flexibility index (Phi) is 3.16. The van der Waals surface area contributed by atoms with Gasteiger partial charge >= 0.3 is 0 Å². The molecule has 0 saturated carbocycles. The summed E-state index contributed by atoms with van der Waals surface area (Å²) in [5.74, 6) is 0. The Morgan fingerprint density at radius 3 is 2.45 bits per heavy atom. The van der Waals surface area contributed by atoms with E-state index in [2.05, 4.69) is 63.1 Å². The number of pyridine rings is 1. The summed E-state index contributed by atoms with van der Waals surface area (Å²) in [4.78, 5) is 8.70. The maximum absolute atomic E-state index is 4.47. The fraction of sp³-hybridized carbons (Fsp3) is 0.0526. The van der Waals surface area contributed by atoms with Crippen LogP contribution in [0.3, 0.4) is 0 Å². The fourth-order valence-corrected chi connectivity index (χ4v) is 2.93. The number of hydrogen-bond acceptors (Lipinski definition) is 2. The molecule has 0 saturated heterocycles. The lowest BCUT2D eigenvalue weighted by Crippen LogP contribution is -2.11. The Hall–Kier alpha value is -2.94. The Bertz CT molecular complexity index is 878. The Labute approximate surface area is 128 Å². The number of fused-ring (bicyclic) bond motifs is 1. The number of benzene rings is 2. The zero-order chi connectivity index (χ0) is 14.8. The zero-order valence-corrected chi connectivity index (χ0v) is 12.0. The molecule has 1 atom stereocenters. The zero-order valence-electron chi connectivity index (χ0n) is 12.0. The normalized spacial score (nSPS) is 12.4. The van der Waals surface area contributed by atoms with Crippen molar-refractivity contribution in [3.05, 3.63) is 96.7 Å². The van der Waals surface area contributed by atoms with Crippen molar-refractivity contribution in [1.29, 1.82) is 0 Å². The lowest BCUT2D eigenvalue weighted by molar-refractivity contribution is 0.681. The molecule has 0 aliphatic heterocycles. The summed E-state index contributed by atoms with van der Waals surface area (Å²) in [6.45, 7) is 0. The van der Waals surface area contributed by atoms with Gasteiger partial charge in [0.2, 0.25) is 0 Å². The quantitative estimate of drug-likeness (QED) is 0.568. The molecular formula is C19H15N3. The predicted molar refractivity (Wildman–Crippen MR) is 87.7 cm³/mol. The summed E-state index contributed by atoms with van der Waals surface area (Å²) in [5, 5.41) is 1.17. The molecule has 1 unspecified atom stereocenters. The molecule has 3 nitrogen and oxygen atoms in total. The standard InChI is InChI=1S/C19H15N3/c1-2-6-15(7-3-1)19(22-13-12-20-14-22)17-10-11-21-18-9-5-4-8-16(17)18/h1-14,19H. The van der Waals surface area contributed by atoms with Gasteiger partial charge in [0.1, 0.15) is 0 Å². The van der Waals surface area contributed by atoms with Crippen molar-refractivity contribution in [3.8, 4) is 0 Å². The highest BCUT2D eigenvalue weighted by Gasteiger charge is 2.18. The number of imidazole rings is 1. The molecule has 106 valence electrons. The van der Waals surface area contributed by atoms with Crippen molar-refractivity contribution >= 4 is 10.9 Å². The number of rotatable bonds is 3. The molecule has 2 aromatic carbocycles. The van der Waals surface area contributed by atoms with Gasteiger partial charge in [0, 0.05) is 24.0 Å². The van der Waals surface area contributed by atoms with Crippen LogP contribution in [0.4, 0.5) is 0 Å². The number of aromatic nitrogens is 3. The molecule has 2 aromatic heterocycles. The first-order valence-corrected chi connectivity index (χ1v) is 7.29. The fourth-order valence-electron chi connectivity index (χ4n) is 2.93. The summed E-state index contributed by atoms with van der Waals surface area (Å²) in [6.07, 6.45) is 7.57. The van der Waals surface area contributed by atoms with E-state index < -0.39 is 0 Å². The Morgan fingerprint density at radius 2 is 1.64 bits per heavy atom. The van der Waals surface area contributed by atoms with Crippen molar-refractivity contribution in [2.75, 3.05) is 0 Å². The van der Waals surface area contributed by atoms with Gasteiger partial charge in [0.25, 0.3) is 0 Å². The second kappa shape index (κ2) is 5.45. The van der Waals surface area contributed by atoms with Crippen molar-refractivity contribution in [2.24, 2.45) is 0 Å². The molecule has 0 aliphatic carbocycles. The van der Waals surface area contributed by atoms with Crippen LogP contribution < -0.4 is 0 Å². The maximum Gasteiger partial charge on any atom is 0.0954 e. The van der Waals surface area contributed by atoms with Crippen LogP contribution in [0.1, 0.15) is 17.2 Å². The largest absolute Gasteiger partial charge is 0.326 e. The third kappa shape index (κ3) is 2.17. The number of para-hydroxylation sites is 1. The van der Waals surface area contributed by atoms with E-state index in [-0.39, 0.29) is 6.04 Å². The third-order valence-corrected chi connectivity index (χ3v) is 3.92. The highest BCUT2D eigenvalue weighted by Crippen LogP contribution is 2.31. The summed E-state index contributed by atoms with van der Waals surface area (Å²) in [7, 11) is 0. The predicted octanol–water partition coefficient (Wildman–Crippen LogP) is 4.07. The first-order valence-electron chi connectivity index (χ1n) is 7.29. The van der Waals surface area contributed by atoms with Crippen LogP contribution in [-0.2, 0) is 0 Å². The molecular weight excluding hydrogens is 270 g/mol. The highest BCUT2D eigenvalue weighted by atomic mass is 15.1. The van der Waals surface area contributed by atoms with Gasteiger partial charge in [-0.3, -0.25) is 4.98 Å². The molecule has 0 amide bonds. The maximum atomic E-state index is 4.47. The van der Waals surface area contributed by atoms with Crippen molar-refractivity contribution in [3.63, 3.8) is 0 Å². The van der Waals surface area contributed by atoms with Gasteiger partial charge in [-0.25, -0.2) is 4.98 Å². The average molecular weight is 285 g/mol. The average Bonchev–Trinajstić information content (AvgIpc) is 3.11. The van der Waals surface area contributed by atoms with E-state index in [1.807, 2.05) is 37.1 Å². The van der Waals surface area contributed by atoms with Crippen LogP contribution in [-0.4, -0.2) is 14.5 Å². The first-order chi connectivity index (χ1) is 10.9. The Morgan fingerprint density at radius 1 is 0.818 bits per heavy atom. The molecule has 0 radical (unpaired) electrons. The van der Waals surface area contributed by atoms with Crippen molar-refractivity contribution < 1.29 is 0 Å². The lowest BCUT2D eigenvalue weighted by atomic mass is 9.95. The van der Waals surface area contributed by atoms with E-state index in [9.17, 15) is 0 Å². The molecule has 4 aromatic rings. The topological polar surface area (TPSA) is 30.7 Å². The smallest absolute Gasteiger partial charge is 0.0954 e. The van der Waals surface area contributed by atoms with Gasteiger partial charge in [0.05, 0.1) is 17.9 Å². The van der Waals surface area contributed by atoms with Crippen molar-refractivity contribution in [2.45, 2.75) is 6.04 Å². The Balaban J connectivity index is 1.98. The van der Waals surface area contributed by atoms with E-state index in [0.29, 0.717) is 0 Å². The summed E-state index contributed by atoms with van der Waals surface area (Å²) < 4.78 is 2.14. The molecule has 0 bridgehead atoms. The second-order valence-corrected chi connectivity index (χ2v) is 5.24. The van der Waals surface area contributed by atoms with E-state index in [1.165, 1.54) is 16.5 Å². The van der Waals surface area contributed by atoms with Crippen LogP contribution in [0, 0.1) is 0 Å². The van der Waals surface area contributed by atoms with Gasteiger partial charge in [-0.1, -0.05) is 48.5 Å². The number of hydrogen-bond donors (Lipinski definition) is 0. The van der Waals surface area contributed by atoms with Gasteiger partial charge in [-0.2, -0.15) is 0 Å². The van der Waals surface area contributed by atoms with Crippen LogP contribution >= 0.6 is 0 Å². The van der Waals surface area contributed by atoms with Crippen LogP contribution in [0.2, 0.25) is 0 Å². The molecule has 4 rings (SSSR count). The summed E-state index contributed by atoms with van der Waals surface area (Å²) >= 11 is 0. The van der Waals surface area contributed by atoms with Gasteiger partial charge in [0.15, 0.2) is 0 Å². The van der Waals surface area contributed by atoms with E-state index in [4.69, 9.17) is 0 Å². The molecule has 0 fully saturated rings. The minimum atomic E-state index is 0.0941. The molecule has 0 spiro atoms. The van der Waals surface area contributed by atoms with Gasteiger partial charge in [-0.15, -0.1) is 0 Å². The molecule has 22 heavy (non-hydrogen) atoms. The molecule has 0 N–H and O–H groups in total. The minimum Gasteiger partial charge on any atom is -0.326 e. The van der Waals surface area contributed by atoms with E-state index in [1.54, 1.807) is 0 Å². The van der Waals surface area contributed by atoms with Crippen LogP contribution in [0.5, 0.6) is 0 Å². The molecule has 3 heteroatoms.